The first-order valence-corrected chi connectivity index (χ1v) is 10.5. The highest BCUT2D eigenvalue weighted by Gasteiger charge is 2.27. The molecule has 1 aromatic carbocycles. The maximum absolute atomic E-state index is 12.2. The molecule has 1 aromatic heterocycles. The predicted octanol–water partition coefficient (Wildman–Crippen LogP) is 3.89. The van der Waals surface area contributed by atoms with Gasteiger partial charge in [-0.1, -0.05) is 46.8 Å². The molecule has 0 saturated heterocycles. The van der Waals surface area contributed by atoms with Crippen LogP contribution >= 0.6 is 0 Å². The summed E-state index contributed by atoms with van der Waals surface area (Å²) in [5, 5.41) is 14.7. The van der Waals surface area contributed by atoms with Crippen molar-refractivity contribution in [1.82, 2.24) is 9.78 Å². The topological polar surface area (TPSA) is 64.3 Å². The van der Waals surface area contributed by atoms with Gasteiger partial charge in [0.2, 0.25) is 0 Å². The number of ether oxygens (including phenoxy) is 1. The Morgan fingerprint density at radius 1 is 1.14 bits per heavy atom. The maximum atomic E-state index is 12.2. The summed E-state index contributed by atoms with van der Waals surface area (Å²) in [6, 6.07) is 9.75. The summed E-state index contributed by atoms with van der Waals surface area (Å²) < 4.78 is 7.11. The summed E-state index contributed by atoms with van der Waals surface area (Å²) >= 11 is 0. The summed E-state index contributed by atoms with van der Waals surface area (Å²) in [6.45, 7) is 11.6. The van der Waals surface area contributed by atoms with Crippen molar-refractivity contribution in [3.8, 4) is 5.75 Å². The number of rotatable bonds is 7. The number of aliphatic hydroxyl groups excluding tert-OH is 1. The lowest BCUT2D eigenvalue weighted by molar-refractivity contribution is 0.0877. The number of hydrogen-bond acceptors (Lipinski definition) is 4. The minimum atomic E-state index is -0.795. The normalized spacial score (nSPS) is 15.2. The lowest BCUT2D eigenvalue weighted by Gasteiger charge is -2.33. The third-order valence-electron chi connectivity index (χ3n) is 5.46. The van der Waals surface area contributed by atoms with E-state index in [1.54, 1.807) is 6.07 Å². The van der Waals surface area contributed by atoms with E-state index in [1.165, 1.54) is 10.2 Å². The molecule has 1 aliphatic carbocycles. The average molecular weight is 399 g/mol. The van der Waals surface area contributed by atoms with Gasteiger partial charge in [-0.25, -0.2) is 4.68 Å². The molecule has 2 aromatic rings. The highest BCUT2D eigenvalue weighted by molar-refractivity contribution is 5.31. The quantitative estimate of drug-likeness (QED) is 0.769. The average Bonchev–Trinajstić information content (AvgIpc) is 3.05. The van der Waals surface area contributed by atoms with Gasteiger partial charge >= 0.3 is 0 Å². The van der Waals surface area contributed by atoms with Crippen LogP contribution in [0, 0.1) is 5.41 Å². The second kappa shape index (κ2) is 8.31. The van der Waals surface area contributed by atoms with Gasteiger partial charge in [0.05, 0.1) is 12.2 Å². The Morgan fingerprint density at radius 2 is 1.83 bits per heavy atom. The second-order valence-electron chi connectivity index (χ2n) is 10.1. The zero-order valence-corrected chi connectivity index (χ0v) is 18.4. The van der Waals surface area contributed by atoms with Gasteiger partial charge in [-0.2, -0.15) is 5.10 Å². The largest absolute Gasteiger partial charge is 0.491 e. The number of benzene rings is 1. The van der Waals surface area contributed by atoms with E-state index >= 15 is 0 Å². The van der Waals surface area contributed by atoms with Crippen LogP contribution in [0.15, 0.2) is 35.1 Å². The van der Waals surface area contributed by atoms with E-state index in [0.29, 0.717) is 5.75 Å². The molecular weight excluding hydrogens is 364 g/mol. The molecule has 0 radical (unpaired) electrons. The number of aliphatic hydroxyl groups is 1. The van der Waals surface area contributed by atoms with Gasteiger partial charge in [0.1, 0.15) is 18.5 Å². The molecule has 0 saturated carbocycles. The van der Waals surface area contributed by atoms with Crippen LogP contribution in [0.25, 0.3) is 0 Å². The third kappa shape index (κ3) is 5.69. The summed E-state index contributed by atoms with van der Waals surface area (Å²) in [5.74, 6) is 0.716. The maximum Gasteiger partial charge on any atom is 0.267 e. The van der Waals surface area contributed by atoms with Crippen molar-refractivity contribution >= 4 is 0 Å². The lowest BCUT2D eigenvalue weighted by Crippen LogP contribution is -2.32. The van der Waals surface area contributed by atoms with Gasteiger partial charge in [-0.15, -0.1) is 0 Å². The zero-order valence-electron chi connectivity index (χ0n) is 18.4. The zero-order chi connectivity index (χ0) is 21.2. The molecule has 3 rings (SSSR count). The molecule has 0 spiro atoms. The minimum absolute atomic E-state index is 0.0801. The summed E-state index contributed by atoms with van der Waals surface area (Å²) in [6.07, 6.45) is 3.16. The number of nitrogens with zero attached hydrogens (tertiary/aromatic N) is 2. The first kappa shape index (κ1) is 21.6. The Bertz CT molecular complexity index is 892. The van der Waals surface area contributed by atoms with E-state index < -0.39 is 6.10 Å². The van der Waals surface area contributed by atoms with E-state index in [9.17, 15) is 9.90 Å². The van der Waals surface area contributed by atoms with Crippen molar-refractivity contribution in [2.45, 2.75) is 78.4 Å². The number of aromatic nitrogens is 2. The Balaban J connectivity index is 1.57. The lowest BCUT2D eigenvalue weighted by atomic mass is 9.72. The smallest absolute Gasteiger partial charge is 0.267 e. The summed E-state index contributed by atoms with van der Waals surface area (Å²) in [4.78, 5) is 12.2. The van der Waals surface area contributed by atoms with Gasteiger partial charge in [-0.05, 0) is 59.8 Å². The van der Waals surface area contributed by atoms with Crippen molar-refractivity contribution in [3.05, 3.63) is 57.5 Å². The molecular formula is C24H34N2O3. The van der Waals surface area contributed by atoms with Crippen LogP contribution in [-0.4, -0.2) is 27.6 Å². The monoisotopic (exact) mass is 398 g/mol. The van der Waals surface area contributed by atoms with Crippen molar-refractivity contribution in [1.29, 1.82) is 0 Å². The summed E-state index contributed by atoms with van der Waals surface area (Å²) in [7, 11) is 0. The Kier molecular flexibility index (Phi) is 6.18. The third-order valence-corrected chi connectivity index (χ3v) is 5.46. The van der Waals surface area contributed by atoms with Crippen LogP contribution < -0.4 is 10.3 Å². The second-order valence-corrected chi connectivity index (χ2v) is 10.1. The first-order chi connectivity index (χ1) is 13.5. The molecule has 1 heterocycles. The fourth-order valence-electron chi connectivity index (χ4n) is 4.45. The van der Waals surface area contributed by atoms with Crippen LogP contribution in [-0.2, 0) is 24.8 Å². The molecule has 1 unspecified atom stereocenters. The van der Waals surface area contributed by atoms with E-state index in [-0.39, 0.29) is 29.5 Å². The number of fused-ring (bicyclic) bond motifs is 1. The van der Waals surface area contributed by atoms with Gasteiger partial charge in [0, 0.05) is 6.07 Å². The fourth-order valence-corrected chi connectivity index (χ4v) is 4.45. The SMILES string of the molecule is CC(C)(C)CC(C)(C)c1ccc(OCC(O)Cn2nc3c(cc2=O)CCC3)cc1. The summed E-state index contributed by atoms with van der Waals surface area (Å²) in [5.41, 5.74) is 3.48. The molecule has 0 aliphatic heterocycles. The van der Waals surface area contributed by atoms with Crippen LogP contribution in [0.3, 0.4) is 0 Å². The van der Waals surface area contributed by atoms with Crippen molar-refractivity contribution in [2.75, 3.05) is 6.61 Å². The molecule has 158 valence electrons. The Morgan fingerprint density at radius 3 is 2.48 bits per heavy atom. The fraction of sp³-hybridized carbons (Fsp3) is 0.583. The van der Waals surface area contributed by atoms with Crippen LogP contribution in [0.5, 0.6) is 5.75 Å². The Labute approximate surface area is 173 Å². The van der Waals surface area contributed by atoms with Crippen molar-refractivity contribution < 1.29 is 9.84 Å². The van der Waals surface area contributed by atoms with Gasteiger partial charge in [-0.3, -0.25) is 4.79 Å². The van der Waals surface area contributed by atoms with Crippen LogP contribution in [0.2, 0.25) is 0 Å². The minimum Gasteiger partial charge on any atom is -0.491 e. The van der Waals surface area contributed by atoms with Gasteiger partial charge in [0.25, 0.3) is 5.56 Å². The van der Waals surface area contributed by atoms with E-state index in [4.69, 9.17) is 4.74 Å². The van der Waals surface area contributed by atoms with Crippen LogP contribution in [0.1, 0.15) is 64.3 Å². The van der Waals surface area contributed by atoms with E-state index in [2.05, 4.69) is 51.9 Å². The van der Waals surface area contributed by atoms with Crippen molar-refractivity contribution in [3.63, 3.8) is 0 Å². The van der Waals surface area contributed by atoms with Crippen molar-refractivity contribution in [2.24, 2.45) is 5.41 Å². The standard InChI is InChI=1S/C24H34N2O3/c1-23(2,3)16-24(4,5)18-9-11-20(12-10-18)29-15-19(27)14-26-22(28)13-17-7-6-8-21(17)25-26/h9-13,19,27H,6-8,14-16H2,1-5H3. The molecule has 0 bridgehead atoms. The number of aryl methyl sites for hydroxylation is 2. The molecule has 5 heteroatoms. The van der Waals surface area contributed by atoms with Gasteiger partial charge in [0.15, 0.2) is 0 Å². The highest BCUT2D eigenvalue weighted by atomic mass is 16.5. The molecule has 5 nitrogen and oxygen atoms in total. The molecule has 0 amide bonds. The number of hydrogen-bond donors (Lipinski definition) is 1. The first-order valence-electron chi connectivity index (χ1n) is 10.5. The molecule has 1 aliphatic rings. The molecule has 1 atom stereocenters. The molecule has 0 fully saturated rings. The van der Waals surface area contributed by atoms with E-state index in [0.717, 1.165) is 36.9 Å². The van der Waals surface area contributed by atoms with Gasteiger partial charge < -0.3 is 9.84 Å². The molecule has 29 heavy (non-hydrogen) atoms. The van der Waals surface area contributed by atoms with E-state index in [1.807, 2.05) is 12.1 Å². The Hall–Kier alpha value is -2.14. The molecule has 1 N–H and O–H groups in total. The predicted molar refractivity (Wildman–Crippen MR) is 116 cm³/mol. The highest BCUT2D eigenvalue weighted by Crippen LogP contribution is 2.36. The van der Waals surface area contributed by atoms with Crippen LogP contribution in [0.4, 0.5) is 0 Å².